The lowest BCUT2D eigenvalue weighted by Gasteiger charge is -2.17. The first kappa shape index (κ1) is 14.8. The van der Waals surface area contributed by atoms with Crippen LogP contribution in [0.1, 0.15) is 6.92 Å². The molecule has 0 spiro atoms. The Morgan fingerprint density at radius 3 is 1.85 bits per heavy atom. The first-order valence-corrected chi connectivity index (χ1v) is 8.57. The highest BCUT2D eigenvalue weighted by molar-refractivity contribution is 7.78. The van der Waals surface area contributed by atoms with E-state index in [1.54, 1.807) is 13.0 Å². The summed E-state index contributed by atoms with van der Waals surface area (Å²) >= 11 is 0. The van der Waals surface area contributed by atoms with Gasteiger partial charge in [-0.3, -0.25) is 0 Å². The predicted octanol–water partition coefficient (Wildman–Crippen LogP) is 2.94. The molecule has 0 aliphatic carbocycles. The molecule has 0 aliphatic heterocycles. The van der Waals surface area contributed by atoms with Crippen molar-refractivity contribution < 1.29 is 9.67 Å². The van der Waals surface area contributed by atoms with Gasteiger partial charge in [-0.05, 0) is 6.92 Å². The van der Waals surface area contributed by atoms with Crippen molar-refractivity contribution in [3.8, 4) is 0 Å². The minimum Gasteiger partial charge on any atom is -0.389 e. The Labute approximate surface area is 120 Å². The van der Waals surface area contributed by atoms with E-state index >= 15 is 0 Å². The van der Waals surface area contributed by atoms with Gasteiger partial charge in [-0.25, -0.2) is 0 Å². The third kappa shape index (κ3) is 3.47. The van der Waals surface area contributed by atoms with E-state index in [0.717, 1.165) is 10.6 Å². The topological polar surface area (TPSA) is 37.3 Å². The zero-order valence-corrected chi connectivity index (χ0v) is 12.4. The maximum absolute atomic E-state index is 13.5. The first-order chi connectivity index (χ1) is 9.63. The van der Waals surface area contributed by atoms with Gasteiger partial charge in [-0.15, -0.1) is 0 Å². The van der Waals surface area contributed by atoms with Crippen molar-refractivity contribution in [2.45, 2.75) is 13.0 Å². The average molecular weight is 286 g/mol. The van der Waals surface area contributed by atoms with Crippen LogP contribution in [0.15, 0.2) is 72.8 Å². The maximum atomic E-state index is 13.5. The summed E-state index contributed by atoms with van der Waals surface area (Å²) in [5.74, 6) is 0. The second-order valence-electron chi connectivity index (χ2n) is 4.76. The van der Waals surface area contributed by atoms with Gasteiger partial charge in [0.25, 0.3) is 0 Å². The minimum absolute atomic E-state index is 0.423. The van der Waals surface area contributed by atoms with Gasteiger partial charge in [-0.2, -0.15) is 0 Å². The first-order valence-electron chi connectivity index (χ1n) is 6.68. The molecular formula is C17H19O2P. The van der Waals surface area contributed by atoms with Crippen LogP contribution in [-0.4, -0.2) is 17.4 Å². The molecule has 0 unspecified atom stereocenters. The highest BCUT2D eigenvalue weighted by Gasteiger charge is 2.25. The number of hydrogen-bond acceptors (Lipinski definition) is 2. The van der Waals surface area contributed by atoms with Gasteiger partial charge in [-0.1, -0.05) is 72.8 Å². The quantitative estimate of drug-likeness (QED) is 0.678. The Balaban J connectivity index is 2.42. The van der Waals surface area contributed by atoms with Crippen LogP contribution < -0.4 is 10.6 Å². The Hall–Kier alpha value is -1.63. The molecule has 0 radical (unpaired) electrons. The fourth-order valence-electron chi connectivity index (χ4n) is 2.10. The predicted molar refractivity (Wildman–Crippen MR) is 85.4 cm³/mol. The van der Waals surface area contributed by atoms with E-state index in [4.69, 9.17) is 0 Å². The van der Waals surface area contributed by atoms with Crippen molar-refractivity contribution in [3.05, 3.63) is 72.8 Å². The van der Waals surface area contributed by atoms with Gasteiger partial charge in [0.1, 0.15) is 7.14 Å². The molecule has 0 bridgehead atoms. The van der Waals surface area contributed by atoms with E-state index in [1.165, 1.54) is 0 Å². The van der Waals surface area contributed by atoms with E-state index in [2.05, 4.69) is 0 Å². The zero-order chi connectivity index (χ0) is 14.4. The summed E-state index contributed by atoms with van der Waals surface area (Å²) in [7, 11) is -2.68. The smallest absolute Gasteiger partial charge is 0.146 e. The molecule has 0 aromatic heterocycles. The fourth-order valence-corrected chi connectivity index (χ4v) is 4.55. The summed E-state index contributed by atoms with van der Waals surface area (Å²) in [6.07, 6.45) is 3.39. The summed E-state index contributed by atoms with van der Waals surface area (Å²) in [5.41, 5.74) is 0. The normalized spacial score (nSPS) is 13.5. The van der Waals surface area contributed by atoms with Gasteiger partial charge in [0.15, 0.2) is 0 Å². The van der Waals surface area contributed by atoms with E-state index in [1.807, 2.05) is 66.7 Å². The second kappa shape index (κ2) is 6.69. The molecule has 2 aromatic rings. The maximum Gasteiger partial charge on any atom is 0.146 e. The van der Waals surface area contributed by atoms with Gasteiger partial charge < -0.3 is 9.67 Å². The zero-order valence-electron chi connectivity index (χ0n) is 11.5. The van der Waals surface area contributed by atoms with E-state index in [0.29, 0.717) is 6.16 Å². The van der Waals surface area contributed by atoms with Crippen LogP contribution in [0.5, 0.6) is 0 Å². The lowest BCUT2D eigenvalue weighted by molar-refractivity contribution is 0.244. The molecule has 1 atom stereocenters. The fraction of sp³-hybridized carbons (Fsp3) is 0.176. The van der Waals surface area contributed by atoms with Crippen LogP contribution in [0.2, 0.25) is 0 Å². The molecule has 104 valence electrons. The van der Waals surface area contributed by atoms with Crippen molar-refractivity contribution in [3.63, 3.8) is 0 Å². The number of hydrogen-bond donors (Lipinski definition) is 1. The molecule has 0 fully saturated rings. The Bertz CT molecular complexity index is 560. The molecule has 20 heavy (non-hydrogen) atoms. The highest BCUT2D eigenvalue weighted by Crippen LogP contribution is 2.43. The van der Waals surface area contributed by atoms with Gasteiger partial charge in [0, 0.05) is 16.8 Å². The van der Waals surface area contributed by atoms with E-state index in [9.17, 15) is 9.67 Å². The molecular weight excluding hydrogens is 267 g/mol. The van der Waals surface area contributed by atoms with Crippen LogP contribution in [-0.2, 0) is 4.57 Å². The Morgan fingerprint density at radius 2 is 1.45 bits per heavy atom. The number of allylic oxidation sites excluding steroid dienone is 1. The second-order valence-corrected chi connectivity index (χ2v) is 7.64. The van der Waals surface area contributed by atoms with E-state index < -0.39 is 13.2 Å². The van der Waals surface area contributed by atoms with Crippen LogP contribution in [0, 0.1) is 0 Å². The summed E-state index contributed by atoms with van der Waals surface area (Å²) in [5, 5.41) is 11.0. The Kier molecular flexibility index (Phi) is 4.94. The molecule has 0 amide bonds. The van der Waals surface area contributed by atoms with Gasteiger partial charge in [0.2, 0.25) is 0 Å². The molecule has 0 saturated heterocycles. The molecule has 0 heterocycles. The lowest BCUT2D eigenvalue weighted by Crippen LogP contribution is -2.17. The molecule has 0 saturated carbocycles. The van der Waals surface area contributed by atoms with Crippen molar-refractivity contribution in [2.75, 3.05) is 6.16 Å². The molecule has 2 aromatic carbocycles. The number of benzene rings is 2. The monoisotopic (exact) mass is 286 g/mol. The van der Waals surface area contributed by atoms with Crippen LogP contribution in [0.3, 0.4) is 0 Å². The van der Waals surface area contributed by atoms with Gasteiger partial charge >= 0.3 is 0 Å². The average Bonchev–Trinajstić information content (AvgIpc) is 2.48. The SMILES string of the molecule is C[C@@H](O)/C=C/CP(=O)(c1ccccc1)c1ccccc1. The van der Waals surface area contributed by atoms with E-state index in [-0.39, 0.29) is 0 Å². The standard InChI is InChI=1S/C17H19O2P/c1-15(18)9-8-14-20(19,16-10-4-2-5-11-16)17-12-6-3-7-13-17/h2-13,15,18H,14H2,1H3/b9-8+/t15-/m1/s1. The van der Waals surface area contributed by atoms with Crippen molar-refractivity contribution in [1.82, 2.24) is 0 Å². The highest BCUT2D eigenvalue weighted by atomic mass is 31.2. The number of aliphatic hydroxyl groups excluding tert-OH is 1. The minimum atomic E-state index is -2.68. The molecule has 0 aliphatic rings. The van der Waals surface area contributed by atoms with Crippen molar-refractivity contribution in [1.29, 1.82) is 0 Å². The summed E-state index contributed by atoms with van der Waals surface area (Å²) in [6.45, 7) is 1.69. The van der Waals surface area contributed by atoms with Crippen molar-refractivity contribution >= 4 is 17.8 Å². The summed E-state index contributed by atoms with van der Waals surface area (Å²) < 4.78 is 13.5. The molecule has 1 N–H and O–H groups in total. The third-order valence-electron chi connectivity index (χ3n) is 3.12. The van der Waals surface area contributed by atoms with Crippen LogP contribution in [0.25, 0.3) is 0 Å². The number of aliphatic hydroxyl groups is 1. The Morgan fingerprint density at radius 1 is 1.00 bits per heavy atom. The van der Waals surface area contributed by atoms with Crippen molar-refractivity contribution in [2.24, 2.45) is 0 Å². The largest absolute Gasteiger partial charge is 0.389 e. The summed E-state index contributed by atoms with van der Waals surface area (Å²) in [6, 6.07) is 19.1. The number of rotatable bonds is 5. The lowest BCUT2D eigenvalue weighted by atomic mass is 10.4. The third-order valence-corrected chi connectivity index (χ3v) is 6.11. The van der Waals surface area contributed by atoms with Crippen LogP contribution in [0.4, 0.5) is 0 Å². The van der Waals surface area contributed by atoms with Crippen LogP contribution >= 0.6 is 7.14 Å². The summed E-state index contributed by atoms with van der Waals surface area (Å²) in [4.78, 5) is 0. The molecule has 3 heteroatoms. The van der Waals surface area contributed by atoms with Gasteiger partial charge in [0.05, 0.1) is 6.10 Å². The molecule has 2 nitrogen and oxygen atoms in total. The molecule has 2 rings (SSSR count).